The molecule has 1 aliphatic carbocycles. The molecule has 25 heavy (non-hydrogen) atoms. The molecule has 1 fully saturated rings. The van der Waals surface area contributed by atoms with E-state index in [1.165, 1.54) is 24.6 Å². The Morgan fingerprint density at radius 1 is 0.800 bits per heavy atom. The summed E-state index contributed by atoms with van der Waals surface area (Å²) < 4.78 is 35.6. The molecule has 2 aromatic heterocycles. The molecule has 0 saturated heterocycles. The van der Waals surface area contributed by atoms with Gasteiger partial charge in [-0.1, -0.05) is 27.7 Å². The van der Waals surface area contributed by atoms with E-state index in [0.29, 0.717) is 5.69 Å². The van der Waals surface area contributed by atoms with E-state index in [1.54, 1.807) is 6.92 Å². The number of aromatic nitrogens is 3. The Hall–Kier alpha value is -1.98. The molecule has 0 aromatic carbocycles. The lowest BCUT2D eigenvalue weighted by atomic mass is 10.2. The fraction of sp³-hybridized carbons (Fsp3) is 0.526. The summed E-state index contributed by atoms with van der Waals surface area (Å²) in [7, 11) is 0. The van der Waals surface area contributed by atoms with E-state index in [2.05, 4.69) is 15.0 Å². The fourth-order valence-electron chi connectivity index (χ4n) is 1.63. The van der Waals surface area contributed by atoms with E-state index in [0.717, 1.165) is 23.9 Å². The van der Waals surface area contributed by atoms with Crippen molar-refractivity contribution in [2.24, 2.45) is 0 Å². The molecule has 140 valence electrons. The summed E-state index contributed by atoms with van der Waals surface area (Å²) in [6, 6.07) is 2.35. The average molecular weight is 355 g/mol. The molecular weight excluding hydrogens is 327 g/mol. The quantitative estimate of drug-likeness (QED) is 0.618. The van der Waals surface area contributed by atoms with Crippen molar-refractivity contribution in [3.63, 3.8) is 0 Å². The van der Waals surface area contributed by atoms with E-state index < -0.39 is 11.7 Å². The van der Waals surface area contributed by atoms with E-state index in [1.807, 2.05) is 47.0 Å². The van der Waals surface area contributed by atoms with Crippen LogP contribution in [-0.2, 0) is 6.18 Å². The zero-order chi connectivity index (χ0) is 19.5. The number of hydrogen-bond donors (Lipinski definition) is 0. The molecule has 2 aromatic rings. The lowest BCUT2D eigenvalue weighted by Gasteiger charge is -2.04. The van der Waals surface area contributed by atoms with Crippen LogP contribution in [-0.4, -0.2) is 15.0 Å². The Balaban J connectivity index is 0.000000385. The van der Waals surface area contributed by atoms with Gasteiger partial charge in [-0.2, -0.15) is 13.2 Å². The highest BCUT2D eigenvalue weighted by Crippen LogP contribution is 2.38. The maximum atomic E-state index is 11.9. The molecule has 3 rings (SSSR count). The summed E-state index contributed by atoms with van der Waals surface area (Å²) >= 11 is 0. The molecule has 3 nitrogen and oxygen atoms in total. The van der Waals surface area contributed by atoms with Gasteiger partial charge in [-0.15, -0.1) is 0 Å². The predicted octanol–water partition coefficient (Wildman–Crippen LogP) is 6.12. The first-order valence-corrected chi connectivity index (χ1v) is 8.64. The van der Waals surface area contributed by atoms with Crippen molar-refractivity contribution < 1.29 is 13.2 Å². The van der Waals surface area contributed by atoms with Crippen molar-refractivity contribution in [3.05, 3.63) is 53.4 Å². The first-order valence-electron chi connectivity index (χ1n) is 8.64. The summed E-state index contributed by atoms with van der Waals surface area (Å²) in [6.07, 6.45) is 2.90. The Morgan fingerprint density at radius 2 is 1.36 bits per heavy atom. The Labute approximate surface area is 148 Å². The minimum Gasteiger partial charge on any atom is -0.261 e. The van der Waals surface area contributed by atoms with Gasteiger partial charge in [0.15, 0.2) is 0 Å². The fourth-order valence-corrected chi connectivity index (χ4v) is 1.63. The number of halogens is 3. The monoisotopic (exact) mass is 355 g/mol. The minimum atomic E-state index is -4.28. The topological polar surface area (TPSA) is 38.7 Å². The van der Waals surface area contributed by atoms with Gasteiger partial charge >= 0.3 is 6.18 Å². The molecule has 0 unspecified atom stereocenters. The lowest BCUT2D eigenvalue weighted by Crippen LogP contribution is -2.05. The molecule has 0 atom stereocenters. The predicted molar refractivity (Wildman–Crippen MR) is 95.4 cm³/mol. The summed E-state index contributed by atoms with van der Waals surface area (Å²) in [4.78, 5) is 12.0. The van der Waals surface area contributed by atoms with Crippen LogP contribution >= 0.6 is 0 Å². The van der Waals surface area contributed by atoms with Gasteiger partial charge in [0.1, 0.15) is 0 Å². The van der Waals surface area contributed by atoms with E-state index in [9.17, 15) is 13.2 Å². The number of nitrogens with zero attached hydrogens (tertiary/aromatic N) is 3. The normalized spacial score (nSPS) is 12.5. The van der Waals surface area contributed by atoms with Crippen LogP contribution in [0.2, 0.25) is 0 Å². The van der Waals surface area contributed by atoms with Crippen LogP contribution in [0.15, 0.2) is 30.7 Å². The van der Waals surface area contributed by atoms with Crippen molar-refractivity contribution in [1.29, 1.82) is 0 Å². The average Bonchev–Trinajstić information content (AvgIpc) is 3.44. The lowest BCUT2D eigenvalue weighted by molar-refractivity contribution is -0.137. The van der Waals surface area contributed by atoms with Crippen LogP contribution in [0.1, 0.15) is 69.1 Å². The van der Waals surface area contributed by atoms with Crippen molar-refractivity contribution in [2.75, 3.05) is 0 Å². The zero-order valence-corrected chi connectivity index (χ0v) is 15.9. The molecule has 0 N–H and O–H groups in total. The van der Waals surface area contributed by atoms with Crippen LogP contribution in [0.5, 0.6) is 0 Å². The summed E-state index contributed by atoms with van der Waals surface area (Å²) in [5.41, 5.74) is 2.05. The first-order chi connectivity index (χ1) is 11.9. The van der Waals surface area contributed by atoms with Gasteiger partial charge in [-0.25, -0.2) is 0 Å². The van der Waals surface area contributed by atoms with Gasteiger partial charge in [-0.3, -0.25) is 15.0 Å². The molecule has 2 heterocycles. The first kappa shape index (κ1) is 23.0. The second kappa shape index (κ2) is 11.6. The molecule has 0 radical (unpaired) electrons. The van der Waals surface area contributed by atoms with Gasteiger partial charge in [0.2, 0.25) is 0 Å². The van der Waals surface area contributed by atoms with Crippen LogP contribution in [0.3, 0.4) is 0 Å². The van der Waals surface area contributed by atoms with Gasteiger partial charge in [0, 0.05) is 30.2 Å². The summed E-state index contributed by atoms with van der Waals surface area (Å²) in [5.74, 6) is 0.730. The number of rotatable bonds is 1. The van der Waals surface area contributed by atoms with E-state index in [-0.39, 0.29) is 0 Å². The van der Waals surface area contributed by atoms with Crippen molar-refractivity contribution in [1.82, 2.24) is 15.0 Å². The van der Waals surface area contributed by atoms with Gasteiger partial charge in [0.25, 0.3) is 0 Å². The third-order valence-electron chi connectivity index (χ3n) is 3.04. The summed E-state index contributed by atoms with van der Waals surface area (Å²) in [5, 5.41) is 0. The minimum absolute atomic E-state index is 0.581. The van der Waals surface area contributed by atoms with Crippen molar-refractivity contribution >= 4 is 0 Å². The highest BCUT2D eigenvalue weighted by Gasteiger charge is 2.30. The van der Waals surface area contributed by atoms with Crippen LogP contribution in [0, 0.1) is 13.8 Å². The Kier molecular flexibility index (Phi) is 10.6. The highest BCUT2D eigenvalue weighted by atomic mass is 19.4. The number of hydrogen-bond acceptors (Lipinski definition) is 3. The standard InChI is InChI=1S/C8H10N2.C7H6F3N.2C2H6/c1-6-4-10-8(5-9-6)7-2-3-7;1-5-2-3-6(4-11-5)7(8,9)10;2*1-2/h4-5,7H,2-3H2,1H3;2-4H,1H3;2*1-2H3. The molecule has 0 spiro atoms. The molecule has 0 bridgehead atoms. The smallest absolute Gasteiger partial charge is 0.261 e. The third kappa shape index (κ3) is 9.17. The largest absolute Gasteiger partial charge is 0.417 e. The van der Waals surface area contributed by atoms with Crippen molar-refractivity contribution in [3.8, 4) is 0 Å². The van der Waals surface area contributed by atoms with Crippen molar-refractivity contribution in [2.45, 2.75) is 66.5 Å². The molecule has 1 aliphatic rings. The maximum absolute atomic E-state index is 11.9. The van der Waals surface area contributed by atoms with Gasteiger partial charge < -0.3 is 0 Å². The Bertz CT molecular complexity index is 574. The van der Waals surface area contributed by atoms with Crippen LogP contribution in [0.4, 0.5) is 13.2 Å². The highest BCUT2D eigenvalue weighted by molar-refractivity contribution is 5.15. The summed E-state index contributed by atoms with van der Waals surface area (Å²) in [6.45, 7) is 11.6. The molecule has 0 aliphatic heterocycles. The number of pyridine rings is 1. The van der Waals surface area contributed by atoms with E-state index >= 15 is 0 Å². The Morgan fingerprint density at radius 3 is 1.72 bits per heavy atom. The molecule has 0 amide bonds. The molecular formula is C19H28F3N3. The zero-order valence-electron chi connectivity index (χ0n) is 15.9. The van der Waals surface area contributed by atoms with Gasteiger partial charge in [0.05, 0.1) is 17.0 Å². The van der Waals surface area contributed by atoms with Crippen LogP contribution < -0.4 is 0 Å². The molecule has 6 heteroatoms. The second-order valence-corrected chi connectivity index (χ2v) is 5.04. The van der Waals surface area contributed by atoms with Crippen LogP contribution in [0.25, 0.3) is 0 Å². The van der Waals surface area contributed by atoms with E-state index in [4.69, 9.17) is 0 Å². The number of alkyl halides is 3. The maximum Gasteiger partial charge on any atom is 0.417 e. The number of aryl methyl sites for hydroxylation is 2. The third-order valence-corrected chi connectivity index (χ3v) is 3.04. The SMILES string of the molecule is CC.CC.Cc1ccc(C(F)(F)F)cn1.Cc1cnc(C2CC2)cn1. The second-order valence-electron chi connectivity index (χ2n) is 5.04. The molecule has 1 saturated carbocycles. The van der Waals surface area contributed by atoms with Gasteiger partial charge in [-0.05, 0) is 38.8 Å².